The molecule has 0 spiro atoms. The van der Waals surface area contributed by atoms with Gasteiger partial charge in [-0.3, -0.25) is 4.90 Å². The van der Waals surface area contributed by atoms with Crippen LogP contribution in [0.5, 0.6) is 0 Å². The van der Waals surface area contributed by atoms with Crippen LogP contribution >= 0.6 is 15.9 Å². The van der Waals surface area contributed by atoms with Crippen molar-refractivity contribution in [3.8, 4) is 0 Å². The standard InChI is InChI=1S/C14H20BrFN2/c1-14(2)6-3-7-18(14)13(9-17)10-4-5-11(15)12(16)8-10/h4-5,8,13H,3,6-7,9,17H2,1-2H3. The quantitative estimate of drug-likeness (QED) is 0.925. The van der Waals surface area contributed by atoms with Crippen LogP contribution in [0.4, 0.5) is 4.39 Å². The van der Waals surface area contributed by atoms with E-state index in [1.54, 1.807) is 12.1 Å². The van der Waals surface area contributed by atoms with E-state index in [-0.39, 0.29) is 17.4 Å². The van der Waals surface area contributed by atoms with Crippen molar-refractivity contribution < 1.29 is 4.39 Å². The summed E-state index contributed by atoms with van der Waals surface area (Å²) in [5, 5.41) is 0. The lowest BCUT2D eigenvalue weighted by Crippen LogP contribution is -2.43. The van der Waals surface area contributed by atoms with Crippen molar-refractivity contribution in [3.05, 3.63) is 34.1 Å². The average molecular weight is 315 g/mol. The van der Waals surface area contributed by atoms with Crippen LogP contribution in [0.15, 0.2) is 22.7 Å². The van der Waals surface area contributed by atoms with Crippen molar-refractivity contribution in [3.63, 3.8) is 0 Å². The molecule has 1 heterocycles. The molecular weight excluding hydrogens is 295 g/mol. The highest BCUT2D eigenvalue weighted by Crippen LogP contribution is 2.36. The maximum absolute atomic E-state index is 13.6. The molecule has 0 aliphatic carbocycles. The Kier molecular flexibility index (Phi) is 4.09. The third kappa shape index (κ3) is 2.60. The van der Waals surface area contributed by atoms with Crippen LogP contribution in [-0.4, -0.2) is 23.5 Å². The molecule has 0 radical (unpaired) electrons. The monoisotopic (exact) mass is 314 g/mol. The van der Waals surface area contributed by atoms with Gasteiger partial charge in [0.05, 0.1) is 4.47 Å². The van der Waals surface area contributed by atoms with E-state index in [4.69, 9.17) is 5.73 Å². The molecule has 2 nitrogen and oxygen atoms in total. The second kappa shape index (κ2) is 5.27. The summed E-state index contributed by atoms with van der Waals surface area (Å²) in [6.45, 7) is 6.02. The molecule has 1 fully saturated rings. The molecule has 1 aromatic carbocycles. The van der Waals surface area contributed by atoms with Gasteiger partial charge in [0.15, 0.2) is 0 Å². The molecule has 1 aliphatic rings. The summed E-state index contributed by atoms with van der Waals surface area (Å²) in [7, 11) is 0. The number of hydrogen-bond acceptors (Lipinski definition) is 2. The first kappa shape index (κ1) is 14.0. The smallest absolute Gasteiger partial charge is 0.137 e. The van der Waals surface area contributed by atoms with E-state index in [0.717, 1.165) is 12.1 Å². The van der Waals surface area contributed by atoms with Crippen molar-refractivity contribution in [2.45, 2.75) is 38.3 Å². The highest BCUT2D eigenvalue weighted by molar-refractivity contribution is 9.10. The minimum Gasteiger partial charge on any atom is -0.329 e. The first-order valence-corrected chi connectivity index (χ1v) is 7.17. The van der Waals surface area contributed by atoms with E-state index in [0.29, 0.717) is 11.0 Å². The Hall–Kier alpha value is -0.450. The van der Waals surface area contributed by atoms with Crippen LogP contribution in [0.2, 0.25) is 0 Å². The minimum atomic E-state index is -0.219. The first-order valence-electron chi connectivity index (χ1n) is 6.37. The van der Waals surface area contributed by atoms with Gasteiger partial charge in [0, 0.05) is 18.1 Å². The number of benzene rings is 1. The molecule has 2 rings (SSSR count). The van der Waals surface area contributed by atoms with Gasteiger partial charge in [0.2, 0.25) is 0 Å². The van der Waals surface area contributed by atoms with Crippen LogP contribution < -0.4 is 5.73 Å². The Labute approximate surface area is 116 Å². The highest BCUT2D eigenvalue weighted by Gasteiger charge is 2.36. The van der Waals surface area contributed by atoms with E-state index in [9.17, 15) is 4.39 Å². The zero-order chi connectivity index (χ0) is 13.3. The van der Waals surface area contributed by atoms with Gasteiger partial charge in [-0.1, -0.05) is 6.07 Å². The summed E-state index contributed by atoms with van der Waals surface area (Å²) in [6, 6.07) is 5.41. The number of rotatable bonds is 3. The summed E-state index contributed by atoms with van der Waals surface area (Å²) in [4.78, 5) is 2.40. The van der Waals surface area contributed by atoms with Crippen LogP contribution in [0.3, 0.4) is 0 Å². The van der Waals surface area contributed by atoms with Gasteiger partial charge < -0.3 is 5.73 Å². The Bertz CT molecular complexity index is 434. The molecule has 0 saturated carbocycles. The number of nitrogens with zero attached hydrogens (tertiary/aromatic N) is 1. The van der Waals surface area contributed by atoms with Gasteiger partial charge in [0.1, 0.15) is 5.82 Å². The Morgan fingerprint density at radius 3 is 2.72 bits per heavy atom. The molecule has 1 atom stereocenters. The largest absolute Gasteiger partial charge is 0.329 e. The van der Waals surface area contributed by atoms with Crippen LogP contribution in [0.25, 0.3) is 0 Å². The third-order valence-corrected chi connectivity index (χ3v) is 4.54. The first-order chi connectivity index (χ1) is 8.45. The molecule has 100 valence electrons. The maximum atomic E-state index is 13.6. The van der Waals surface area contributed by atoms with Crippen LogP contribution in [0.1, 0.15) is 38.3 Å². The van der Waals surface area contributed by atoms with Crippen molar-refractivity contribution in [2.75, 3.05) is 13.1 Å². The van der Waals surface area contributed by atoms with Crippen LogP contribution in [-0.2, 0) is 0 Å². The fourth-order valence-corrected chi connectivity index (χ4v) is 3.12. The van der Waals surface area contributed by atoms with E-state index in [1.807, 2.05) is 6.07 Å². The lowest BCUT2D eigenvalue weighted by atomic mass is 9.97. The molecule has 1 aromatic rings. The summed E-state index contributed by atoms with van der Waals surface area (Å²) in [5.74, 6) is -0.219. The Balaban J connectivity index is 2.30. The fourth-order valence-electron chi connectivity index (χ4n) is 2.87. The van der Waals surface area contributed by atoms with Crippen molar-refractivity contribution >= 4 is 15.9 Å². The normalized spacial score (nSPS) is 21.2. The van der Waals surface area contributed by atoms with Gasteiger partial charge in [-0.15, -0.1) is 0 Å². The number of nitrogens with two attached hydrogens (primary N) is 1. The summed E-state index contributed by atoms with van der Waals surface area (Å²) in [5.41, 5.74) is 7.03. The summed E-state index contributed by atoms with van der Waals surface area (Å²) < 4.78 is 14.2. The number of hydrogen-bond donors (Lipinski definition) is 1. The van der Waals surface area contributed by atoms with Gasteiger partial charge in [-0.2, -0.15) is 0 Å². The zero-order valence-corrected chi connectivity index (χ0v) is 12.5. The van der Waals surface area contributed by atoms with Crippen molar-refractivity contribution in [1.82, 2.24) is 4.90 Å². The van der Waals surface area contributed by atoms with Gasteiger partial charge >= 0.3 is 0 Å². The predicted octanol–water partition coefficient (Wildman–Crippen LogP) is 3.46. The molecule has 1 aliphatic heterocycles. The van der Waals surface area contributed by atoms with Gasteiger partial charge in [-0.25, -0.2) is 4.39 Å². The average Bonchev–Trinajstić information content (AvgIpc) is 2.65. The molecular formula is C14H20BrFN2. The van der Waals surface area contributed by atoms with E-state index in [2.05, 4.69) is 34.7 Å². The number of likely N-dealkylation sites (tertiary alicyclic amines) is 1. The second-order valence-corrected chi connectivity index (χ2v) is 6.39. The SMILES string of the molecule is CC1(C)CCCN1C(CN)c1ccc(Br)c(F)c1. The molecule has 1 unspecified atom stereocenters. The summed E-state index contributed by atoms with van der Waals surface area (Å²) in [6.07, 6.45) is 2.35. The topological polar surface area (TPSA) is 29.3 Å². The number of halogens is 2. The lowest BCUT2D eigenvalue weighted by Gasteiger charge is -2.38. The second-order valence-electron chi connectivity index (χ2n) is 5.53. The highest BCUT2D eigenvalue weighted by atomic mass is 79.9. The minimum absolute atomic E-state index is 0.102. The van der Waals surface area contributed by atoms with Crippen molar-refractivity contribution in [2.24, 2.45) is 5.73 Å². The molecule has 0 bridgehead atoms. The predicted molar refractivity (Wildman–Crippen MR) is 75.9 cm³/mol. The molecule has 2 N–H and O–H groups in total. The lowest BCUT2D eigenvalue weighted by molar-refractivity contribution is 0.119. The molecule has 0 amide bonds. The van der Waals surface area contributed by atoms with E-state index in [1.165, 1.54) is 12.8 Å². The summed E-state index contributed by atoms with van der Waals surface area (Å²) >= 11 is 3.19. The zero-order valence-electron chi connectivity index (χ0n) is 10.9. The maximum Gasteiger partial charge on any atom is 0.137 e. The van der Waals surface area contributed by atoms with Crippen LogP contribution in [0, 0.1) is 5.82 Å². The third-order valence-electron chi connectivity index (χ3n) is 3.89. The molecule has 18 heavy (non-hydrogen) atoms. The van der Waals surface area contributed by atoms with Gasteiger partial charge in [0.25, 0.3) is 0 Å². The molecule has 0 aromatic heterocycles. The van der Waals surface area contributed by atoms with Crippen molar-refractivity contribution in [1.29, 1.82) is 0 Å². The van der Waals surface area contributed by atoms with E-state index >= 15 is 0 Å². The Morgan fingerprint density at radius 1 is 1.50 bits per heavy atom. The van der Waals surface area contributed by atoms with E-state index < -0.39 is 0 Å². The molecule has 1 saturated heterocycles. The van der Waals surface area contributed by atoms with Gasteiger partial charge in [-0.05, 0) is 66.9 Å². The Morgan fingerprint density at radius 2 is 2.22 bits per heavy atom. The molecule has 4 heteroatoms. The fraction of sp³-hybridized carbons (Fsp3) is 0.571.